The Balaban J connectivity index is 1.74. The molecular weight excluding hydrogens is 380 g/mol. The van der Waals surface area contributed by atoms with Crippen molar-refractivity contribution in [2.45, 2.75) is 6.92 Å². The van der Waals surface area contributed by atoms with Crippen LogP contribution in [0.4, 0.5) is 26.0 Å². The molecule has 0 aliphatic rings. The highest BCUT2D eigenvalue weighted by Crippen LogP contribution is 2.22. The Bertz CT molecular complexity index is 1020. The Morgan fingerprint density at radius 3 is 2.38 bits per heavy atom. The number of rotatable bonds is 6. The largest absolute Gasteiger partial charge is 0.462 e. The minimum atomic E-state index is -0.760. The van der Waals surface area contributed by atoms with Crippen LogP contribution >= 0.6 is 0 Å². The molecule has 0 aliphatic carbocycles. The third kappa shape index (κ3) is 4.73. The third-order valence-corrected chi connectivity index (χ3v) is 3.91. The Morgan fingerprint density at radius 1 is 1.00 bits per heavy atom. The molecule has 0 atom stereocenters. The van der Waals surface area contributed by atoms with E-state index in [0.29, 0.717) is 5.69 Å². The number of nitrogens with one attached hydrogen (secondary N) is 2. The van der Waals surface area contributed by atoms with Gasteiger partial charge < -0.3 is 15.4 Å². The van der Waals surface area contributed by atoms with Gasteiger partial charge in [-0.3, -0.25) is 4.79 Å². The molecule has 2 aromatic carbocycles. The van der Waals surface area contributed by atoms with Crippen molar-refractivity contribution in [1.82, 2.24) is 4.98 Å². The summed E-state index contributed by atoms with van der Waals surface area (Å²) in [5.74, 6) is -2.41. The van der Waals surface area contributed by atoms with Gasteiger partial charge in [0.15, 0.2) is 0 Å². The van der Waals surface area contributed by atoms with Crippen molar-refractivity contribution in [1.29, 1.82) is 0 Å². The number of para-hydroxylation sites is 2. The summed E-state index contributed by atoms with van der Waals surface area (Å²) in [5, 5.41) is 5.17. The summed E-state index contributed by atoms with van der Waals surface area (Å²) in [5.41, 5.74) is 0.388. The quantitative estimate of drug-likeness (QED) is 0.598. The first-order valence-corrected chi connectivity index (χ1v) is 8.74. The highest BCUT2D eigenvalue weighted by molar-refractivity contribution is 6.07. The van der Waals surface area contributed by atoms with E-state index >= 15 is 0 Å². The molecule has 0 fully saturated rings. The van der Waals surface area contributed by atoms with Gasteiger partial charge in [0.05, 0.1) is 23.4 Å². The Kier molecular flexibility index (Phi) is 6.13. The number of halogens is 2. The van der Waals surface area contributed by atoms with E-state index in [1.165, 1.54) is 24.4 Å². The molecule has 2 N–H and O–H groups in total. The van der Waals surface area contributed by atoms with Crippen LogP contribution < -0.4 is 10.6 Å². The predicted octanol–water partition coefficient (Wildman–Crippen LogP) is 4.53. The summed E-state index contributed by atoms with van der Waals surface area (Å²) in [7, 11) is 0. The second-order valence-corrected chi connectivity index (χ2v) is 5.87. The summed E-state index contributed by atoms with van der Waals surface area (Å²) in [6.07, 6.45) is 1.25. The number of hydrogen-bond acceptors (Lipinski definition) is 5. The van der Waals surface area contributed by atoms with E-state index < -0.39 is 23.5 Å². The topological polar surface area (TPSA) is 80.3 Å². The molecule has 0 saturated heterocycles. The first-order chi connectivity index (χ1) is 14.0. The van der Waals surface area contributed by atoms with Crippen LogP contribution in [0.1, 0.15) is 27.6 Å². The average Bonchev–Trinajstić information content (AvgIpc) is 2.72. The zero-order valence-electron chi connectivity index (χ0n) is 15.4. The lowest BCUT2D eigenvalue weighted by Crippen LogP contribution is -2.16. The molecule has 3 rings (SSSR count). The maximum Gasteiger partial charge on any atom is 0.340 e. The maximum absolute atomic E-state index is 13.7. The fourth-order valence-corrected chi connectivity index (χ4v) is 2.52. The zero-order chi connectivity index (χ0) is 20.8. The van der Waals surface area contributed by atoms with Crippen molar-refractivity contribution in [2.24, 2.45) is 0 Å². The number of pyridine rings is 1. The Labute approximate surface area is 165 Å². The van der Waals surface area contributed by atoms with Crippen molar-refractivity contribution in [2.75, 3.05) is 17.2 Å². The first kappa shape index (κ1) is 19.9. The van der Waals surface area contributed by atoms with E-state index in [1.807, 2.05) is 0 Å². The van der Waals surface area contributed by atoms with Crippen LogP contribution in [0.15, 0.2) is 60.8 Å². The second kappa shape index (κ2) is 8.92. The molecule has 1 aromatic heterocycles. The molecule has 29 heavy (non-hydrogen) atoms. The van der Waals surface area contributed by atoms with Crippen LogP contribution in [0.3, 0.4) is 0 Å². The van der Waals surface area contributed by atoms with Crippen LogP contribution in [-0.2, 0) is 4.74 Å². The lowest BCUT2D eigenvalue weighted by Gasteiger charge is -2.11. The molecule has 148 valence electrons. The number of ether oxygens (including phenoxy) is 1. The number of aromatic nitrogens is 1. The van der Waals surface area contributed by atoms with E-state index in [4.69, 9.17) is 4.74 Å². The van der Waals surface area contributed by atoms with Crippen LogP contribution in [0.5, 0.6) is 0 Å². The Hall–Kier alpha value is -3.81. The van der Waals surface area contributed by atoms with Gasteiger partial charge in [-0.25, -0.2) is 18.6 Å². The standard InChI is InChI=1S/C21H17F2N3O3/c1-2-29-21(28)14-6-3-4-9-17(14)25-20(27)13-10-11-18(24-12-13)26-19-15(22)7-5-8-16(19)23/h3-12H,2H2,1H3,(H,24,26)(H,25,27). The number of benzene rings is 2. The number of esters is 1. The van der Waals surface area contributed by atoms with Gasteiger partial charge in [-0.1, -0.05) is 18.2 Å². The molecule has 0 bridgehead atoms. The van der Waals surface area contributed by atoms with Gasteiger partial charge in [0.1, 0.15) is 23.1 Å². The smallest absolute Gasteiger partial charge is 0.340 e. The lowest BCUT2D eigenvalue weighted by molar-refractivity contribution is 0.0527. The number of hydrogen-bond donors (Lipinski definition) is 2. The molecule has 3 aromatic rings. The van der Waals surface area contributed by atoms with Crippen molar-refractivity contribution in [3.05, 3.63) is 83.6 Å². The summed E-state index contributed by atoms with van der Waals surface area (Å²) in [6.45, 7) is 1.90. The molecule has 0 unspecified atom stereocenters. The van der Waals surface area contributed by atoms with Gasteiger partial charge in [-0.2, -0.15) is 0 Å². The van der Waals surface area contributed by atoms with Gasteiger partial charge in [-0.05, 0) is 43.3 Å². The monoisotopic (exact) mass is 397 g/mol. The average molecular weight is 397 g/mol. The van der Waals surface area contributed by atoms with Crippen LogP contribution in [-0.4, -0.2) is 23.5 Å². The van der Waals surface area contributed by atoms with Gasteiger partial charge >= 0.3 is 5.97 Å². The van der Waals surface area contributed by atoms with Crippen molar-refractivity contribution in [3.63, 3.8) is 0 Å². The molecule has 0 aliphatic heterocycles. The molecule has 0 spiro atoms. The van der Waals surface area contributed by atoms with Crippen LogP contribution in [0, 0.1) is 11.6 Å². The van der Waals surface area contributed by atoms with Crippen molar-refractivity contribution < 1.29 is 23.1 Å². The van der Waals surface area contributed by atoms with Crippen molar-refractivity contribution in [3.8, 4) is 0 Å². The number of anilines is 3. The highest BCUT2D eigenvalue weighted by atomic mass is 19.1. The minimum Gasteiger partial charge on any atom is -0.462 e. The van der Waals surface area contributed by atoms with Crippen molar-refractivity contribution >= 4 is 29.1 Å². The minimum absolute atomic E-state index is 0.164. The fraction of sp³-hybridized carbons (Fsp3) is 0.0952. The molecule has 0 radical (unpaired) electrons. The van der Waals surface area contributed by atoms with E-state index in [9.17, 15) is 18.4 Å². The van der Waals surface area contributed by atoms with E-state index in [1.54, 1.807) is 31.2 Å². The lowest BCUT2D eigenvalue weighted by atomic mass is 10.1. The molecule has 0 saturated carbocycles. The summed E-state index contributed by atoms with van der Waals surface area (Å²) < 4.78 is 32.4. The number of carbonyl (C=O) groups excluding carboxylic acids is 2. The molecule has 1 amide bonds. The van der Waals surface area contributed by atoms with Gasteiger partial charge in [0.25, 0.3) is 5.91 Å². The van der Waals surface area contributed by atoms with Gasteiger partial charge in [-0.15, -0.1) is 0 Å². The normalized spacial score (nSPS) is 10.3. The molecular formula is C21H17F2N3O3. The number of nitrogens with zero attached hydrogens (tertiary/aromatic N) is 1. The van der Waals surface area contributed by atoms with E-state index in [2.05, 4.69) is 15.6 Å². The SMILES string of the molecule is CCOC(=O)c1ccccc1NC(=O)c1ccc(Nc2c(F)cccc2F)nc1. The Morgan fingerprint density at radius 2 is 1.72 bits per heavy atom. The van der Waals surface area contributed by atoms with Crippen LogP contribution in [0.25, 0.3) is 0 Å². The first-order valence-electron chi connectivity index (χ1n) is 8.74. The van der Waals surface area contributed by atoms with E-state index in [0.717, 1.165) is 12.1 Å². The van der Waals surface area contributed by atoms with Crippen LogP contribution in [0.2, 0.25) is 0 Å². The second-order valence-electron chi connectivity index (χ2n) is 5.87. The summed E-state index contributed by atoms with van der Waals surface area (Å²) >= 11 is 0. The molecule has 6 nitrogen and oxygen atoms in total. The molecule has 1 heterocycles. The zero-order valence-corrected chi connectivity index (χ0v) is 15.4. The van der Waals surface area contributed by atoms with E-state index in [-0.39, 0.29) is 29.2 Å². The fourth-order valence-electron chi connectivity index (χ4n) is 2.52. The third-order valence-electron chi connectivity index (χ3n) is 3.91. The predicted molar refractivity (Wildman–Crippen MR) is 104 cm³/mol. The molecule has 8 heteroatoms. The van der Waals surface area contributed by atoms with Gasteiger partial charge in [0, 0.05) is 6.20 Å². The summed E-state index contributed by atoms with van der Waals surface area (Å²) in [4.78, 5) is 28.5. The summed E-state index contributed by atoms with van der Waals surface area (Å²) in [6, 6.07) is 12.8. The maximum atomic E-state index is 13.7. The number of carbonyl (C=O) groups is 2. The number of amides is 1. The highest BCUT2D eigenvalue weighted by Gasteiger charge is 2.15. The van der Waals surface area contributed by atoms with Gasteiger partial charge in [0.2, 0.25) is 0 Å².